The molecule has 0 fully saturated rings. The number of aromatic nitrogens is 3. The fraction of sp³-hybridized carbons (Fsp3) is 0.391. The summed E-state index contributed by atoms with van der Waals surface area (Å²) in [6, 6.07) is 8.52. The highest BCUT2D eigenvalue weighted by atomic mass is 35.5. The second-order valence-electron chi connectivity index (χ2n) is 8.82. The number of carboxylic acid groups (broad SMARTS) is 1. The molecule has 0 aliphatic carbocycles. The van der Waals surface area contributed by atoms with Gasteiger partial charge in [-0.3, -0.25) is 4.79 Å². The molecule has 32 heavy (non-hydrogen) atoms. The number of halogens is 1. The Bertz CT molecular complexity index is 1030. The highest BCUT2D eigenvalue weighted by Crippen LogP contribution is 2.34. The maximum absolute atomic E-state index is 11.3. The van der Waals surface area contributed by atoms with Crippen molar-refractivity contribution in [1.82, 2.24) is 15.0 Å². The van der Waals surface area contributed by atoms with Crippen LogP contribution in [0.5, 0.6) is 0 Å². The van der Waals surface area contributed by atoms with Gasteiger partial charge in [0, 0.05) is 36.3 Å². The number of benzene rings is 1. The summed E-state index contributed by atoms with van der Waals surface area (Å²) >= 11 is 2.74. The lowest BCUT2D eigenvalue weighted by atomic mass is 9.86. The van der Waals surface area contributed by atoms with Crippen LogP contribution in [0.15, 0.2) is 46.4 Å². The molecule has 3 aromatic rings. The van der Waals surface area contributed by atoms with Crippen LogP contribution in [0.4, 0.5) is 5.95 Å². The number of thioether (sulfide) groups is 1. The van der Waals surface area contributed by atoms with Crippen LogP contribution in [0.2, 0.25) is 0 Å². The third kappa shape index (κ3) is 6.92. The van der Waals surface area contributed by atoms with E-state index in [9.17, 15) is 9.90 Å². The molecule has 2 aromatic heterocycles. The lowest BCUT2D eigenvalue weighted by molar-refractivity contribution is -0.138. The van der Waals surface area contributed by atoms with E-state index in [4.69, 9.17) is 0 Å². The zero-order chi connectivity index (χ0) is 22.6. The quantitative estimate of drug-likeness (QED) is 0.377. The Labute approximate surface area is 203 Å². The molecule has 0 amide bonds. The van der Waals surface area contributed by atoms with Gasteiger partial charge in [0.1, 0.15) is 4.75 Å². The minimum atomic E-state index is -0.893. The summed E-state index contributed by atoms with van der Waals surface area (Å²) in [4.78, 5) is 24.6. The molecule has 172 valence electrons. The predicted octanol–water partition coefficient (Wildman–Crippen LogP) is 5.93. The van der Waals surface area contributed by atoms with Gasteiger partial charge in [0.2, 0.25) is 5.95 Å². The van der Waals surface area contributed by atoms with Crippen molar-refractivity contribution in [3.05, 3.63) is 53.3 Å². The van der Waals surface area contributed by atoms with Crippen LogP contribution in [0.1, 0.15) is 45.9 Å². The zero-order valence-corrected chi connectivity index (χ0v) is 21.3. The molecule has 0 atom stereocenters. The molecule has 6 nitrogen and oxygen atoms in total. The van der Waals surface area contributed by atoms with Crippen molar-refractivity contribution >= 4 is 47.4 Å². The molecule has 0 saturated heterocycles. The van der Waals surface area contributed by atoms with E-state index in [2.05, 4.69) is 65.3 Å². The molecule has 0 aliphatic heterocycles. The van der Waals surface area contributed by atoms with Gasteiger partial charge < -0.3 is 10.4 Å². The average Bonchev–Trinajstić information content (AvgIpc) is 3.14. The van der Waals surface area contributed by atoms with Crippen molar-refractivity contribution in [3.63, 3.8) is 0 Å². The molecule has 1 aromatic carbocycles. The summed E-state index contributed by atoms with van der Waals surface area (Å²) < 4.78 is -0.128. The van der Waals surface area contributed by atoms with Gasteiger partial charge in [0.05, 0.1) is 5.69 Å². The standard InChI is InChI=1S/C23H28N4O2S2.ClH/c1-22(2,3)17-8-6-15(7-9-17)16-12-25-20(26-13-16)24-11-10-18-14-30-21(27-18)31-23(4,5)19(28)29;/h6-9,12-14H,10-11H2,1-5H3,(H,28,29)(H,24,25,26);1H. The Hall–Kier alpha value is -2.16. The number of thiazole rings is 1. The first-order valence-electron chi connectivity index (χ1n) is 10.1. The molecule has 0 bridgehead atoms. The number of nitrogens with zero attached hydrogens (tertiary/aromatic N) is 3. The molecule has 0 aliphatic rings. The van der Waals surface area contributed by atoms with E-state index < -0.39 is 10.7 Å². The van der Waals surface area contributed by atoms with Crippen LogP contribution in [-0.4, -0.2) is 37.3 Å². The van der Waals surface area contributed by atoms with E-state index in [0.717, 1.165) is 21.2 Å². The van der Waals surface area contributed by atoms with E-state index in [1.54, 1.807) is 13.8 Å². The number of anilines is 1. The number of carbonyl (C=O) groups is 1. The maximum atomic E-state index is 11.3. The van der Waals surface area contributed by atoms with Crippen molar-refractivity contribution in [1.29, 1.82) is 0 Å². The Kier molecular flexibility index (Phi) is 8.67. The summed E-state index contributed by atoms with van der Waals surface area (Å²) in [5.74, 6) is -0.270. The summed E-state index contributed by atoms with van der Waals surface area (Å²) in [7, 11) is 0. The molecule has 0 radical (unpaired) electrons. The Balaban J connectivity index is 0.00000363. The number of aliphatic carboxylic acids is 1. The van der Waals surface area contributed by atoms with Gasteiger partial charge in [0.15, 0.2) is 4.34 Å². The molecule has 3 rings (SSSR count). The maximum Gasteiger partial charge on any atom is 0.319 e. The largest absolute Gasteiger partial charge is 0.480 e. The van der Waals surface area contributed by atoms with Gasteiger partial charge in [-0.15, -0.1) is 23.7 Å². The van der Waals surface area contributed by atoms with Crippen LogP contribution < -0.4 is 5.32 Å². The predicted molar refractivity (Wildman–Crippen MR) is 135 cm³/mol. The topological polar surface area (TPSA) is 88.0 Å². The first-order chi connectivity index (χ1) is 14.5. The van der Waals surface area contributed by atoms with Crippen LogP contribution in [0, 0.1) is 0 Å². The number of carboxylic acids is 1. The second kappa shape index (κ2) is 10.6. The summed E-state index contributed by atoms with van der Waals surface area (Å²) in [5, 5.41) is 14.4. The zero-order valence-electron chi connectivity index (χ0n) is 18.9. The monoisotopic (exact) mass is 492 g/mol. The average molecular weight is 493 g/mol. The van der Waals surface area contributed by atoms with Crippen molar-refractivity contribution in [3.8, 4) is 11.1 Å². The van der Waals surface area contributed by atoms with E-state index in [1.165, 1.54) is 28.7 Å². The van der Waals surface area contributed by atoms with Crippen LogP contribution in [0.25, 0.3) is 11.1 Å². The van der Waals surface area contributed by atoms with Gasteiger partial charge in [-0.1, -0.05) is 56.8 Å². The van der Waals surface area contributed by atoms with E-state index in [0.29, 0.717) is 18.9 Å². The van der Waals surface area contributed by atoms with Gasteiger partial charge in [-0.05, 0) is 30.4 Å². The summed E-state index contributed by atoms with van der Waals surface area (Å²) in [5.41, 5.74) is 4.43. The number of hydrogen-bond acceptors (Lipinski definition) is 7. The molecule has 0 spiro atoms. The Morgan fingerprint density at radius 2 is 1.69 bits per heavy atom. The number of nitrogens with one attached hydrogen (secondary N) is 1. The van der Waals surface area contributed by atoms with Crippen LogP contribution in [-0.2, 0) is 16.6 Å². The minimum absolute atomic E-state index is 0. The smallest absolute Gasteiger partial charge is 0.319 e. The summed E-state index contributed by atoms with van der Waals surface area (Å²) in [6.07, 6.45) is 4.37. The number of rotatable bonds is 8. The molecule has 0 unspecified atom stereocenters. The Morgan fingerprint density at radius 3 is 2.25 bits per heavy atom. The molecule has 2 N–H and O–H groups in total. The lowest BCUT2D eigenvalue weighted by Crippen LogP contribution is -2.26. The highest BCUT2D eigenvalue weighted by molar-refractivity contribution is 8.02. The van der Waals surface area contributed by atoms with E-state index >= 15 is 0 Å². The first-order valence-corrected chi connectivity index (χ1v) is 11.8. The SMILES string of the molecule is CC(C)(Sc1nc(CCNc2ncc(-c3ccc(C(C)(C)C)cc3)cn2)cs1)C(=O)O.Cl. The van der Waals surface area contributed by atoms with Crippen molar-refractivity contribution in [2.24, 2.45) is 0 Å². The lowest BCUT2D eigenvalue weighted by Gasteiger charge is -2.19. The van der Waals surface area contributed by atoms with Crippen LogP contribution >= 0.6 is 35.5 Å². The van der Waals surface area contributed by atoms with Crippen molar-refractivity contribution in [2.75, 3.05) is 11.9 Å². The van der Waals surface area contributed by atoms with Crippen LogP contribution in [0.3, 0.4) is 0 Å². The fourth-order valence-electron chi connectivity index (χ4n) is 2.75. The fourth-order valence-corrected chi connectivity index (χ4v) is 4.97. The van der Waals surface area contributed by atoms with Crippen molar-refractivity contribution in [2.45, 2.75) is 55.5 Å². The molecule has 9 heteroatoms. The van der Waals surface area contributed by atoms with E-state index in [-0.39, 0.29) is 17.8 Å². The summed E-state index contributed by atoms with van der Waals surface area (Å²) in [6.45, 7) is 10.6. The van der Waals surface area contributed by atoms with Crippen molar-refractivity contribution < 1.29 is 9.90 Å². The molecular weight excluding hydrogens is 464 g/mol. The third-order valence-electron chi connectivity index (χ3n) is 4.79. The molecular formula is C23H29ClN4O2S2. The first kappa shape index (κ1) is 26.1. The van der Waals surface area contributed by atoms with Gasteiger partial charge in [-0.25, -0.2) is 15.0 Å². The Morgan fingerprint density at radius 1 is 1.06 bits per heavy atom. The van der Waals surface area contributed by atoms with Gasteiger partial charge >= 0.3 is 5.97 Å². The van der Waals surface area contributed by atoms with Gasteiger partial charge in [0.25, 0.3) is 0 Å². The normalized spacial score (nSPS) is 11.7. The minimum Gasteiger partial charge on any atom is -0.480 e. The third-order valence-corrected chi connectivity index (χ3v) is 6.96. The molecule has 2 heterocycles. The molecule has 0 saturated carbocycles. The van der Waals surface area contributed by atoms with E-state index in [1.807, 2.05) is 17.8 Å². The van der Waals surface area contributed by atoms with Gasteiger partial charge in [-0.2, -0.15) is 0 Å². The second-order valence-corrected chi connectivity index (χ2v) is 11.5. The number of hydrogen-bond donors (Lipinski definition) is 2. The highest BCUT2D eigenvalue weighted by Gasteiger charge is 2.29.